The zero-order valence-electron chi connectivity index (χ0n) is 13.9. The maximum absolute atomic E-state index is 8.62. The predicted molar refractivity (Wildman–Crippen MR) is 97.7 cm³/mol. The lowest BCUT2D eigenvalue weighted by atomic mass is 10.1. The Balaban J connectivity index is 1.58. The molecule has 0 atom stereocenters. The molecule has 0 saturated carbocycles. The predicted octanol–water partition coefficient (Wildman–Crippen LogP) is 5.51. The molecule has 0 heterocycles. The van der Waals surface area contributed by atoms with E-state index in [9.17, 15) is 0 Å². The molecule has 0 N–H and O–H groups in total. The number of benzene rings is 3. The van der Waals surface area contributed by atoms with Crippen LogP contribution in [0.4, 0.5) is 0 Å². The second-order valence-corrected chi connectivity index (χ2v) is 5.65. The highest BCUT2D eigenvalue weighted by Crippen LogP contribution is 2.22. The zero-order valence-corrected chi connectivity index (χ0v) is 13.9. The normalized spacial score (nSPS) is 10.0. The Morgan fingerprint density at radius 3 is 2.24 bits per heavy atom. The van der Waals surface area contributed by atoms with Crippen molar-refractivity contribution < 1.29 is 9.47 Å². The first-order valence-corrected chi connectivity index (χ1v) is 8.24. The molecule has 0 fully saturated rings. The SMILES string of the molecule is N#CCCc1ccc(OCc2cccc(Oc3ccccc3)c2)cc1. The van der Waals surface area contributed by atoms with Crippen molar-refractivity contribution in [2.45, 2.75) is 19.4 Å². The van der Waals surface area contributed by atoms with Gasteiger partial charge in [-0.2, -0.15) is 5.26 Å². The molecule has 3 aromatic carbocycles. The number of hydrogen-bond acceptors (Lipinski definition) is 3. The van der Waals surface area contributed by atoms with Crippen molar-refractivity contribution in [1.29, 1.82) is 5.26 Å². The van der Waals surface area contributed by atoms with Crippen LogP contribution in [0.3, 0.4) is 0 Å². The van der Waals surface area contributed by atoms with Crippen molar-refractivity contribution in [3.05, 3.63) is 90.0 Å². The van der Waals surface area contributed by atoms with E-state index >= 15 is 0 Å². The fourth-order valence-electron chi connectivity index (χ4n) is 2.44. The summed E-state index contributed by atoms with van der Waals surface area (Å²) in [5.41, 5.74) is 2.19. The van der Waals surface area contributed by atoms with Gasteiger partial charge in [0.1, 0.15) is 23.9 Å². The van der Waals surface area contributed by atoms with Crippen LogP contribution in [0.15, 0.2) is 78.9 Å². The van der Waals surface area contributed by atoms with Gasteiger partial charge in [0.2, 0.25) is 0 Å². The van der Waals surface area contributed by atoms with E-state index in [1.807, 2.05) is 78.9 Å². The summed E-state index contributed by atoms with van der Waals surface area (Å²) in [6.45, 7) is 0.476. The molecular formula is C22H19NO2. The summed E-state index contributed by atoms with van der Waals surface area (Å²) >= 11 is 0. The van der Waals surface area contributed by atoms with E-state index in [2.05, 4.69) is 6.07 Å². The van der Waals surface area contributed by atoms with Crippen molar-refractivity contribution in [2.75, 3.05) is 0 Å². The number of rotatable bonds is 7. The fraction of sp³-hybridized carbons (Fsp3) is 0.136. The minimum Gasteiger partial charge on any atom is -0.489 e. The van der Waals surface area contributed by atoms with E-state index in [1.165, 1.54) is 0 Å². The zero-order chi connectivity index (χ0) is 17.3. The number of aryl methyl sites for hydroxylation is 1. The molecule has 0 unspecified atom stereocenters. The first-order chi connectivity index (χ1) is 12.3. The molecule has 0 spiro atoms. The highest BCUT2D eigenvalue weighted by atomic mass is 16.5. The van der Waals surface area contributed by atoms with Crippen LogP contribution < -0.4 is 9.47 Å². The molecule has 0 aliphatic heterocycles. The molecule has 0 amide bonds. The van der Waals surface area contributed by atoms with E-state index in [1.54, 1.807) is 0 Å². The van der Waals surface area contributed by atoms with E-state index in [4.69, 9.17) is 14.7 Å². The molecule has 0 aromatic heterocycles. The van der Waals surface area contributed by atoms with Gasteiger partial charge in [0, 0.05) is 6.42 Å². The third-order valence-corrected chi connectivity index (χ3v) is 3.73. The van der Waals surface area contributed by atoms with Crippen molar-refractivity contribution in [3.63, 3.8) is 0 Å². The molecule has 0 aliphatic carbocycles. The van der Waals surface area contributed by atoms with Gasteiger partial charge < -0.3 is 9.47 Å². The quantitative estimate of drug-likeness (QED) is 0.573. The first-order valence-electron chi connectivity index (χ1n) is 8.24. The molecule has 3 aromatic rings. The maximum atomic E-state index is 8.62. The van der Waals surface area contributed by atoms with E-state index in [-0.39, 0.29) is 0 Å². The molecule has 3 nitrogen and oxygen atoms in total. The Morgan fingerprint density at radius 1 is 0.720 bits per heavy atom. The van der Waals surface area contributed by atoms with Crippen LogP contribution in [-0.4, -0.2) is 0 Å². The Bertz CT molecular complexity index is 836. The minimum atomic E-state index is 0.476. The van der Waals surface area contributed by atoms with Crippen LogP contribution in [0.2, 0.25) is 0 Å². The standard InChI is InChI=1S/C22H19NO2/c23-15-5-7-18-11-13-20(14-12-18)24-17-19-6-4-10-22(16-19)25-21-8-2-1-3-9-21/h1-4,6,8-14,16H,5,7,17H2. The molecule has 0 aliphatic rings. The van der Waals surface area contributed by atoms with Crippen molar-refractivity contribution in [1.82, 2.24) is 0 Å². The topological polar surface area (TPSA) is 42.2 Å². The summed E-state index contributed by atoms with van der Waals surface area (Å²) in [5.74, 6) is 2.42. The minimum absolute atomic E-state index is 0.476. The van der Waals surface area contributed by atoms with Crippen LogP contribution in [-0.2, 0) is 13.0 Å². The highest BCUT2D eigenvalue weighted by Gasteiger charge is 2.01. The van der Waals surface area contributed by atoms with Gasteiger partial charge in [-0.3, -0.25) is 0 Å². The van der Waals surface area contributed by atoms with Crippen LogP contribution in [0.5, 0.6) is 17.2 Å². The molecule has 0 radical (unpaired) electrons. The van der Waals surface area contributed by atoms with Crippen LogP contribution >= 0.6 is 0 Å². The summed E-state index contributed by atoms with van der Waals surface area (Å²) in [6.07, 6.45) is 1.31. The smallest absolute Gasteiger partial charge is 0.127 e. The number of nitriles is 1. The molecule has 0 saturated heterocycles. The van der Waals surface area contributed by atoms with Crippen molar-refractivity contribution >= 4 is 0 Å². The van der Waals surface area contributed by atoms with Gasteiger partial charge in [0.15, 0.2) is 0 Å². The summed E-state index contributed by atoms with van der Waals surface area (Å²) in [6, 6.07) is 27.6. The van der Waals surface area contributed by atoms with Crippen LogP contribution in [0.1, 0.15) is 17.5 Å². The number of para-hydroxylation sites is 1. The largest absolute Gasteiger partial charge is 0.489 e. The lowest BCUT2D eigenvalue weighted by molar-refractivity contribution is 0.305. The Kier molecular flexibility index (Phi) is 5.68. The van der Waals surface area contributed by atoms with Gasteiger partial charge in [-0.1, -0.05) is 42.5 Å². The van der Waals surface area contributed by atoms with E-state index in [0.717, 1.165) is 34.8 Å². The lowest BCUT2D eigenvalue weighted by Gasteiger charge is -2.09. The van der Waals surface area contributed by atoms with Gasteiger partial charge in [-0.05, 0) is 53.9 Å². The summed E-state index contributed by atoms with van der Waals surface area (Å²) in [4.78, 5) is 0. The molecule has 3 rings (SSSR count). The molecule has 124 valence electrons. The van der Waals surface area contributed by atoms with Crippen molar-refractivity contribution in [3.8, 4) is 23.3 Å². The fourth-order valence-corrected chi connectivity index (χ4v) is 2.44. The maximum Gasteiger partial charge on any atom is 0.127 e. The van der Waals surface area contributed by atoms with Gasteiger partial charge in [-0.25, -0.2) is 0 Å². The molecular weight excluding hydrogens is 310 g/mol. The summed E-state index contributed by atoms with van der Waals surface area (Å²) in [5, 5.41) is 8.62. The first kappa shape index (κ1) is 16.6. The Hall–Kier alpha value is -3.25. The third-order valence-electron chi connectivity index (χ3n) is 3.73. The summed E-state index contributed by atoms with van der Waals surface area (Å²) in [7, 11) is 0. The number of nitrogens with zero attached hydrogens (tertiary/aromatic N) is 1. The number of hydrogen-bond donors (Lipinski definition) is 0. The molecule has 25 heavy (non-hydrogen) atoms. The van der Waals surface area contributed by atoms with Gasteiger partial charge >= 0.3 is 0 Å². The Labute approximate surface area is 148 Å². The highest BCUT2D eigenvalue weighted by molar-refractivity contribution is 5.34. The Morgan fingerprint density at radius 2 is 1.48 bits per heavy atom. The average Bonchev–Trinajstić information content (AvgIpc) is 2.67. The second-order valence-electron chi connectivity index (χ2n) is 5.65. The lowest BCUT2D eigenvalue weighted by Crippen LogP contribution is -1.96. The van der Waals surface area contributed by atoms with Crippen LogP contribution in [0.25, 0.3) is 0 Å². The van der Waals surface area contributed by atoms with Gasteiger partial charge in [0.25, 0.3) is 0 Å². The number of ether oxygens (including phenoxy) is 2. The molecule has 0 bridgehead atoms. The second kappa shape index (κ2) is 8.56. The van der Waals surface area contributed by atoms with E-state index < -0.39 is 0 Å². The van der Waals surface area contributed by atoms with Gasteiger partial charge in [0.05, 0.1) is 6.07 Å². The van der Waals surface area contributed by atoms with Crippen LogP contribution in [0, 0.1) is 11.3 Å². The molecule has 3 heteroatoms. The van der Waals surface area contributed by atoms with E-state index in [0.29, 0.717) is 13.0 Å². The van der Waals surface area contributed by atoms with Gasteiger partial charge in [-0.15, -0.1) is 0 Å². The summed E-state index contributed by atoms with van der Waals surface area (Å²) < 4.78 is 11.7. The third kappa shape index (κ3) is 5.12. The average molecular weight is 329 g/mol. The monoisotopic (exact) mass is 329 g/mol. The van der Waals surface area contributed by atoms with Crippen molar-refractivity contribution in [2.24, 2.45) is 0 Å².